The Morgan fingerprint density at radius 2 is 1.84 bits per heavy atom. The first kappa shape index (κ1) is 23.1. The van der Waals surface area contributed by atoms with E-state index in [0.717, 1.165) is 22.3 Å². The highest BCUT2D eigenvalue weighted by molar-refractivity contribution is 5.69. The van der Waals surface area contributed by atoms with Gasteiger partial charge in [0.1, 0.15) is 6.54 Å². The number of tetrazole rings is 1. The summed E-state index contributed by atoms with van der Waals surface area (Å²) in [5.41, 5.74) is 3.80. The first-order valence-corrected chi connectivity index (χ1v) is 10.4. The van der Waals surface area contributed by atoms with Gasteiger partial charge in [0.05, 0.1) is 19.1 Å². The number of carbonyl (C=O) groups excluding carboxylic acids is 1. The SMILES string of the molecule is CCOC(=O)Cn1nnnc1C(NC(CC(=O)O)c1cccc(C)c1)c1ccc(C)cc1. The van der Waals surface area contributed by atoms with Gasteiger partial charge in [-0.15, -0.1) is 5.10 Å². The van der Waals surface area contributed by atoms with Gasteiger partial charge in [0.2, 0.25) is 0 Å². The van der Waals surface area contributed by atoms with Crippen LogP contribution in [0.3, 0.4) is 0 Å². The van der Waals surface area contributed by atoms with Crippen molar-refractivity contribution in [1.82, 2.24) is 25.5 Å². The second-order valence-electron chi connectivity index (χ2n) is 7.57. The standard InChI is InChI=1S/C23H27N5O4/c1-4-32-21(31)14-28-23(25-26-27-28)22(17-10-8-15(2)9-11-17)24-19(13-20(29)30)18-7-5-6-16(3)12-18/h5-12,19,22,24H,4,13-14H2,1-3H3,(H,29,30). The number of esters is 1. The number of nitrogens with one attached hydrogen (secondary N) is 1. The Hall–Kier alpha value is -3.59. The molecule has 1 heterocycles. The van der Waals surface area contributed by atoms with Gasteiger partial charge in [0.25, 0.3) is 0 Å². The third-order valence-corrected chi connectivity index (χ3v) is 5.00. The Balaban J connectivity index is 2.01. The van der Waals surface area contributed by atoms with Gasteiger partial charge in [-0.3, -0.25) is 14.9 Å². The van der Waals surface area contributed by atoms with Crippen molar-refractivity contribution in [3.8, 4) is 0 Å². The number of hydrogen-bond acceptors (Lipinski definition) is 7. The Kier molecular flexibility index (Phi) is 7.67. The lowest BCUT2D eigenvalue weighted by Crippen LogP contribution is -2.32. The molecule has 0 aliphatic rings. The third kappa shape index (κ3) is 5.98. The fourth-order valence-electron chi connectivity index (χ4n) is 3.47. The van der Waals surface area contributed by atoms with Crippen LogP contribution in [0.2, 0.25) is 0 Å². The maximum atomic E-state index is 12.1. The molecule has 3 aromatic rings. The number of benzene rings is 2. The minimum absolute atomic E-state index is 0.134. The predicted octanol–water partition coefficient (Wildman–Crippen LogP) is 2.75. The Morgan fingerprint density at radius 1 is 1.09 bits per heavy atom. The van der Waals surface area contributed by atoms with Crippen LogP contribution in [-0.4, -0.2) is 43.9 Å². The Labute approximate surface area is 186 Å². The maximum absolute atomic E-state index is 12.1. The lowest BCUT2D eigenvalue weighted by atomic mass is 9.98. The van der Waals surface area contributed by atoms with E-state index in [1.54, 1.807) is 6.92 Å². The summed E-state index contributed by atoms with van der Waals surface area (Å²) < 4.78 is 6.41. The summed E-state index contributed by atoms with van der Waals surface area (Å²) in [7, 11) is 0. The van der Waals surface area contributed by atoms with Crippen LogP contribution in [0.4, 0.5) is 0 Å². The van der Waals surface area contributed by atoms with Crippen molar-refractivity contribution in [2.75, 3.05) is 6.61 Å². The molecule has 9 heteroatoms. The topological polar surface area (TPSA) is 119 Å². The van der Waals surface area contributed by atoms with Gasteiger partial charge in [-0.1, -0.05) is 59.7 Å². The van der Waals surface area contributed by atoms with Gasteiger partial charge in [-0.25, -0.2) is 4.68 Å². The summed E-state index contributed by atoms with van der Waals surface area (Å²) in [6, 6.07) is 14.4. The molecule has 0 saturated carbocycles. The summed E-state index contributed by atoms with van der Waals surface area (Å²) in [6.45, 7) is 5.78. The van der Waals surface area contributed by atoms with Gasteiger partial charge in [-0.2, -0.15) is 0 Å². The van der Waals surface area contributed by atoms with Crippen LogP contribution in [0.5, 0.6) is 0 Å². The lowest BCUT2D eigenvalue weighted by molar-refractivity contribution is -0.144. The monoisotopic (exact) mass is 437 g/mol. The number of ether oxygens (including phenoxy) is 1. The second kappa shape index (κ2) is 10.6. The van der Waals surface area contributed by atoms with Crippen molar-refractivity contribution in [3.63, 3.8) is 0 Å². The van der Waals surface area contributed by atoms with Gasteiger partial charge in [0.15, 0.2) is 5.82 Å². The highest BCUT2D eigenvalue weighted by atomic mass is 16.5. The largest absolute Gasteiger partial charge is 0.481 e. The van der Waals surface area contributed by atoms with Gasteiger partial charge in [-0.05, 0) is 42.3 Å². The van der Waals surface area contributed by atoms with Crippen LogP contribution in [0, 0.1) is 13.8 Å². The smallest absolute Gasteiger partial charge is 0.327 e. The van der Waals surface area contributed by atoms with E-state index >= 15 is 0 Å². The molecule has 2 atom stereocenters. The molecule has 0 bridgehead atoms. The highest BCUT2D eigenvalue weighted by Gasteiger charge is 2.27. The summed E-state index contributed by atoms with van der Waals surface area (Å²) in [5, 5.41) is 24.8. The minimum atomic E-state index is -0.933. The first-order chi connectivity index (χ1) is 15.4. The van der Waals surface area contributed by atoms with E-state index < -0.39 is 24.0 Å². The van der Waals surface area contributed by atoms with E-state index in [4.69, 9.17) is 4.74 Å². The van der Waals surface area contributed by atoms with Crippen LogP contribution in [0.25, 0.3) is 0 Å². The van der Waals surface area contributed by atoms with E-state index in [1.807, 2.05) is 62.4 Å². The summed E-state index contributed by atoms with van der Waals surface area (Å²) >= 11 is 0. The van der Waals surface area contributed by atoms with Crippen LogP contribution < -0.4 is 5.32 Å². The molecule has 3 rings (SSSR count). The zero-order valence-corrected chi connectivity index (χ0v) is 18.4. The summed E-state index contributed by atoms with van der Waals surface area (Å²) in [4.78, 5) is 23.7. The van der Waals surface area contributed by atoms with Crippen molar-refractivity contribution < 1.29 is 19.4 Å². The van der Waals surface area contributed by atoms with Crippen molar-refractivity contribution >= 4 is 11.9 Å². The first-order valence-electron chi connectivity index (χ1n) is 10.4. The van der Waals surface area contributed by atoms with Crippen LogP contribution in [0.15, 0.2) is 48.5 Å². The molecular formula is C23H27N5O4. The quantitative estimate of drug-likeness (QED) is 0.465. The third-order valence-electron chi connectivity index (χ3n) is 5.00. The van der Waals surface area contributed by atoms with Crippen molar-refractivity contribution in [2.24, 2.45) is 0 Å². The number of nitrogens with zero attached hydrogens (tertiary/aromatic N) is 4. The average molecular weight is 438 g/mol. The second-order valence-corrected chi connectivity index (χ2v) is 7.57. The number of aryl methyl sites for hydroxylation is 2. The summed E-state index contributed by atoms with van der Waals surface area (Å²) in [5.74, 6) is -0.993. The Bertz CT molecular complexity index is 1060. The molecule has 2 unspecified atom stereocenters. The molecule has 32 heavy (non-hydrogen) atoms. The van der Waals surface area contributed by atoms with E-state index in [1.165, 1.54) is 4.68 Å². The number of aliphatic carboxylic acids is 1. The molecule has 0 fully saturated rings. The predicted molar refractivity (Wildman–Crippen MR) is 117 cm³/mol. The molecule has 0 amide bonds. The lowest BCUT2D eigenvalue weighted by Gasteiger charge is -2.25. The normalized spacial score (nSPS) is 12.8. The molecule has 1 aromatic heterocycles. The molecule has 2 aromatic carbocycles. The van der Waals surface area contributed by atoms with E-state index in [-0.39, 0.29) is 19.6 Å². The zero-order chi connectivity index (χ0) is 23.1. The van der Waals surface area contributed by atoms with Crippen LogP contribution in [-0.2, 0) is 20.9 Å². The molecule has 0 aliphatic heterocycles. The molecule has 2 N–H and O–H groups in total. The summed E-state index contributed by atoms with van der Waals surface area (Å²) in [6.07, 6.45) is -0.134. The van der Waals surface area contributed by atoms with E-state index in [2.05, 4.69) is 20.8 Å². The van der Waals surface area contributed by atoms with Gasteiger partial charge in [0, 0.05) is 6.04 Å². The molecule has 168 valence electrons. The van der Waals surface area contributed by atoms with E-state index in [9.17, 15) is 14.7 Å². The number of hydrogen-bond donors (Lipinski definition) is 2. The molecule has 9 nitrogen and oxygen atoms in total. The number of rotatable bonds is 10. The minimum Gasteiger partial charge on any atom is -0.481 e. The van der Waals surface area contributed by atoms with Crippen LogP contribution >= 0.6 is 0 Å². The number of carboxylic acids is 1. The molecule has 0 spiro atoms. The zero-order valence-electron chi connectivity index (χ0n) is 18.4. The fourth-order valence-corrected chi connectivity index (χ4v) is 3.47. The maximum Gasteiger partial charge on any atom is 0.327 e. The van der Waals surface area contributed by atoms with Crippen molar-refractivity contribution in [1.29, 1.82) is 0 Å². The average Bonchev–Trinajstić information content (AvgIpc) is 3.19. The van der Waals surface area contributed by atoms with E-state index in [0.29, 0.717) is 5.82 Å². The molecule has 0 aliphatic carbocycles. The Morgan fingerprint density at radius 3 is 2.50 bits per heavy atom. The number of carbonyl (C=O) groups is 2. The van der Waals surface area contributed by atoms with Gasteiger partial charge < -0.3 is 9.84 Å². The van der Waals surface area contributed by atoms with Crippen LogP contribution in [0.1, 0.15) is 53.5 Å². The fraction of sp³-hybridized carbons (Fsp3) is 0.348. The van der Waals surface area contributed by atoms with Crippen molar-refractivity contribution in [3.05, 3.63) is 76.6 Å². The number of carboxylic acid groups (broad SMARTS) is 1. The number of aromatic nitrogens is 4. The molecular weight excluding hydrogens is 410 g/mol. The van der Waals surface area contributed by atoms with Crippen molar-refractivity contribution in [2.45, 2.75) is 45.8 Å². The highest BCUT2D eigenvalue weighted by Crippen LogP contribution is 2.27. The molecule has 0 radical (unpaired) electrons. The molecule has 0 saturated heterocycles. The van der Waals surface area contributed by atoms with Gasteiger partial charge >= 0.3 is 11.9 Å².